The molecule has 0 radical (unpaired) electrons. The maximum Gasteiger partial charge on any atom is 0.306 e. The second-order valence-corrected chi connectivity index (χ2v) is 3.07. The van der Waals surface area contributed by atoms with E-state index in [1.165, 1.54) is 0 Å². The van der Waals surface area contributed by atoms with Crippen LogP contribution in [0.4, 0.5) is 0 Å². The third-order valence-electron chi connectivity index (χ3n) is 1.76. The molecule has 0 aliphatic carbocycles. The lowest BCUT2D eigenvalue weighted by Gasteiger charge is -2.05. The summed E-state index contributed by atoms with van der Waals surface area (Å²) in [4.78, 5) is 21.8. The SMILES string of the molecule is COCCOCCOC(=O)CCC(=O)CN.Cl. The lowest BCUT2D eigenvalue weighted by atomic mass is 10.2. The van der Waals surface area contributed by atoms with E-state index in [2.05, 4.69) is 0 Å². The molecule has 0 amide bonds. The number of ketones is 1. The van der Waals surface area contributed by atoms with Crippen molar-refractivity contribution in [3.8, 4) is 0 Å². The molecule has 2 N–H and O–H groups in total. The van der Waals surface area contributed by atoms with Crippen LogP contribution in [-0.4, -0.2) is 51.8 Å². The predicted octanol–water partition coefficient (Wildman–Crippen LogP) is -0.0776. The van der Waals surface area contributed by atoms with Crippen LogP contribution in [-0.2, 0) is 23.8 Å². The number of carbonyl (C=O) groups excluding carboxylic acids is 2. The molecule has 6 nitrogen and oxygen atoms in total. The van der Waals surface area contributed by atoms with Gasteiger partial charge in [-0.2, -0.15) is 0 Å². The Morgan fingerprint density at radius 1 is 1.06 bits per heavy atom. The first-order valence-corrected chi connectivity index (χ1v) is 5.14. The minimum absolute atomic E-state index is 0. The van der Waals surface area contributed by atoms with Crippen LogP contribution in [0.2, 0.25) is 0 Å². The smallest absolute Gasteiger partial charge is 0.306 e. The van der Waals surface area contributed by atoms with Crippen LogP contribution >= 0.6 is 12.4 Å². The van der Waals surface area contributed by atoms with E-state index in [9.17, 15) is 9.59 Å². The largest absolute Gasteiger partial charge is 0.463 e. The van der Waals surface area contributed by atoms with E-state index in [1.807, 2.05) is 0 Å². The lowest BCUT2D eigenvalue weighted by Crippen LogP contribution is -2.17. The molecular weight excluding hydrogens is 250 g/mol. The van der Waals surface area contributed by atoms with Crippen LogP contribution < -0.4 is 5.73 Å². The number of hydrogen-bond donors (Lipinski definition) is 1. The van der Waals surface area contributed by atoms with Crippen molar-refractivity contribution in [1.82, 2.24) is 0 Å². The Morgan fingerprint density at radius 3 is 2.29 bits per heavy atom. The summed E-state index contributed by atoms with van der Waals surface area (Å²) < 4.78 is 14.7. The molecule has 0 unspecified atom stereocenters. The summed E-state index contributed by atoms with van der Waals surface area (Å²) in [5.74, 6) is -0.551. The van der Waals surface area contributed by atoms with Crippen molar-refractivity contribution in [2.45, 2.75) is 12.8 Å². The fourth-order valence-corrected chi connectivity index (χ4v) is 0.874. The summed E-state index contributed by atoms with van der Waals surface area (Å²) in [6.45, 7) is 1.48. The molecule has 17 heavy (non-hydrogen) atoms. The van der Waals surface area contributed by atoms with E-state index < -0.39 is 5.97 Å². The van der Waals surface area contributed by atoms with Crippen molar-refractivity contribution in [2.75, 3.05) is 40.1 Å². The first-order valence-electron chi connectivity index (χ1n) is 5.14. The van der Waals surface area contributed by atoms with Crippen molar-refractivity contribution >= 4 is 24.2 Å². The number of esters is 1. The molecule has 0 rings (SSSR count). The van der Waals surface area contributed by atoms with E-state index in [-0.39, 0.29) is 44.2 Å². The van der Waals surface area contributed by atoms with Gasteiger partial charge in [0.25, 0.3) is 0 Å². The van der Waals surface area contributed by atoms with E-state index in [0.29, 0.717) is 19.8 Å². The average Bonchev–Trinajstić information content (AvgIpc) is 2.30. The molecule has 0 spiro atoms. The Hall–Kier alpha value is -0.690. The maximum absolute atomic E-state index is 11.1. The van der Waals surface area contributed by atoms with E-state index in [0.717, 1.165) is 0 Å². The summed E-state index contributed by atoms with van der Waals surface area (Å²) >= 11 is 0. The summed E-state index contributed by atoms with van der Waals surface area (Å²) in [6.07, 6.45) is 0.216. The Balaban J connectivity index is 0. The highest BCUT2D eigenvalue weighted by Crippen LogP contribution is 1.93. The van der Waals surface area contributed by atoms with Crippen LogP contribution in [0.1, 0.15) is 12.8 Å². The zero-order valence-corrected chi connectivity index (χ0v) is 10.8. The van der Waals surface area contributed by atoms with Gasteiger partial charge in [-0.05, 0) is 0 Å². The Morgan fingerprint density at radius 2 is 1.71 bits per heavy atom. The third-order valence-corrected chi connectivity index (χ3v) is 1.76. The van der Waals surface area contributed by atoms with Crippen molar-refractivity contribution in [3.63, 3.8) is 0 Å². The van der Waals surface area contributed by atoms with Gasteiger partial charge in [0, 0.05) is 13.5 Å². The molecule has 0 aromatic rings. The second-order valence-electron chi connectivity index (χ2n) is 3.07. The molecule has 0 saturated heterocycles. The molecule has 0 aromatic heterocycles. The quantitative estimate of drug-likeness (QED) is 0.441. The number of ether oxygens (including phenoxy) is 3. The van der Waals surface area contributed by atoms with Gasteiger partial charge in [-0.15, -0.1) is 12.4 Å². The van der Waals surface area contributed by atoms with Gasteiger partial charge in [0.2, 0.25) is 0 Å². The fraction of sp³-hybridized carbons (Fsp3) is 0.800. The number of halogens is 1. The summed E-state index contributed by atoms with van der Waals surface area (Å²) in [7, 11) is 1.58. The number of carbonyl (C=O) groups is 2. The topological polar surface area (TPSA) is 87.9 Å². The van der Waals surface area contributed by atoms with Gasteiger partial charge in [0.05, 0.1) is 32.8 Å². The fourth-order valence-electron chi connectivity index (χ4n) is 0.874. The Bertz CT molecular complexity index is 213. The van der Waals surface area contributed by atoms with Crippen molar-refractivity contribution < 1.29 is 23.8 Å². The van der Waals surface area contributed by atoms with Gasteiger partial charge in [-0.1, -0.05) is 0 Å². The molecule has 102 valence electrons. The summed E-state index contributed by atoms with van der Waals surface area (Å²) in [5, 5.41) is 0. The van der Waals surface area contributed by atoms with Crippen molar-refractivity contribution in [2.24, 2.45) is 5.73 Å². The monoisotopic (exact) mass is 269 g/mol. The van der Waals surface area contributed by atoms with E-state index in [1.54, 1.807) is 7.11 Å². The van der Waals surface area contributed by atoms with Gasteiger partial charge >= 0.3 is 5.97 Å². The molecule has 0 aliphatic heterocycles. The van der Waals surface area contributed by atoms with Crippen LogP contribution in [0, 0.1) is 0 Å². The highest BCUT2D eigenvalue weighted by molar-refractivity contribution is 5.85. The van der Waals surface area contributed by atoms with Gasteiger partial charge in [0.15, 0.2) is 0 Å². The molecule has 0 atom stereocenters. The average molecular weight is 270 g/mol. The van der Waals surface area contributed by atoms with Gasteiger partial charge in [-0.25, -0.2) is 0 Å². The first kappa shape index (κ1) is 18.7. The Labute approximate surface area is 107 Å². The minimum Gasteiger partial charge on any atom is -0.463 e. The van der Waals surface area contributed by atoms with Crippen LogP contribution in [0.25, 0.3) is 0 Å². The number of hydrogen-bond acceptors (Lipinski definition) is 6. The summed E-state index contributed by atoms with van der Waals surface area (Å²) in [6, 6.07) is 0. The second kappa shape index (κ2) is 13.4. The number of rotatable bonds is 10. The summed E-state index contributed by atoms with van der Waals surface area (Å²) in [5.41, 5.74) is 5.09. The molecule has 0 bridgehead atoms. The van der Waals surface area contributed by atoms with E-state index in [4.69, 9.17) is 19.9 Å². The number of methoxy groups -OCH3 is 1. The third kappa shape index (κ3) is 13.2. The van der Waals surface area contributed by atoms with Gasteiger partial charge < -0.3 is 19.9 Å². The van der Waals surface area contributed by atoms with Gasteiger partial charge in [-0.3, -0.25) is 9.59 Å². The Kier molecular flexibility index (Phi) is 14.7. The lowest BCUT2D eigenvalue weighted by molar-refractivity contribution is -0.146. The molecule has 0 fully saturated rings. The first-order chi connectivity index (χ1) is 7.70. The predicted molar refractivity (Wildman–Crippen MR) is 64.2 cm³/mol. The standard InChI is InChI=1S/C10H19NO5.ClH/c1-14-4-5-15-6-7-16-10(13)3-2-9(12)8-11;/h2-8,11H2,1H3;1H. The highest BCUT2D eigenvalue weighted by Gasteiger charge is 2.06. The van der Waals surface area contributed by atoms with Crippen LogP contribution in [0.15, 0.2) is 0 Å². The van der Waals surface area contributed by atoms with Gasteiger partial charge in [0.1, 0.15) is 12.4 Å². The van der Waals surface area contributed by atoms with Crippen LogP contribution in [0.3, 0.4) is 0 Å². The number of nitrogens with two attached hydrogens (primary N) is 1. The maximum atomic E-state index is 11.1. The van der Waals surface area contributed by atoms with Crippen molar-refractivity contribution in [1.29, 1.82) is 0 Å². The molecular formula is C10H20ClNO5. The zero-order chi connectivity index (χ0) is 12.2. The molecule has 0 heterocycles. The molecule has 0 saturated carbocycles. The molecule has 0 aromatic carbocycles. The number of Topliss-reactive ketones (excluding diaryl/α,β-unsaturated/α-hetero) is 1. The van der Waals surface area contributed by atoms with Crippen LogP contribution in [0.5, 0.6) is 0 Å². The van der Waals surface area contributed by atoms with Crippen molar-refractivity contribution in [3.05, 3.63) is 0 Å². The normalized spacial score (nSPS) is 9.53. The zero-order valence-electron chi connectivity index (χ0n) is 9.98. The van der Waals surface area contributed by atoms with E-state index >= 15 is 0 Å². The highest BCUT2D eigenvalue weighted by atomic mass is 35.5. The minimum atomic E-state index is -0.405. The molecule has 7 heteroatoms. The molecule has 0 aliphatic rings.